The average molecular weight is 371 g/mol. The number of nitrogens with one attached hydrogen (secondary N) is 2. The van der Waals surface area contributed by atoms with Gasteiger partial charge in [0.25, 0.3) is 5.91 Å². The topological polar surface area (TPSA) is 92.2 Å². The van der Waals surface area contributed by atoms with Crippen molar-refractivity contribution in [2.24, 2.45) is 5.10 Å². The molecule has 1 amide bonds. The number of aromatic hydroxyl groups is 1. The summed E-state index contributed by atoms with van der Waals surface area (Å²) >= 11 is 0. The molecule has 0 saturated heterocycles. The van der Waals surface area contributed by atoms with Gasteiger partial charge in [-0.1, -0.05) is 0 Å². The van der Waals surface area contributed by atoms with E-state index in [0.717, 1.165) is 11.4 Å². The smallest absolute Gasteiger partial charge is 0.262 e. The standard InChI is InChI=1S/C20H25N3O4/c1-4-26-17-9-7-16(8-10-17)22-14(3)20(25)23-21-13-15-6-11-19(27-5-2)18(24)12-15/h6-14,22,24H,4-5H2,1-3H3,(H,23,25). The van der Waals surface area contributed by atoms with Crippen LogP contribution in [-0.4, -0.2) is 36.5 Å². The summed E-state index contributed by atoms with van der Waals surface area (Å²) in [7, 11) is 0. The molecule has 7 heteroatoms. The normalized spacial score (nSPS) is 11.8. The summed E-state index contributed by atoms with van der Waals surface area (Å²) in [6.07, 6.45) is 1.46. The molecule has 0 spiro atoms. The third-order valence-electron chi connectivity index (χ3n) is 3.61. The Bertz CT molecular complexity index is 775. The number of phenolic OH excluding ortho intramolecular Hbond substituents is 1. The lowest BCUT2D eigenvalue weighted by Gasteiger charge is -2.14. The SMILES string of the molecule is CCOc1ccc(NC(C)C(=O)NN=Cc2ccc(OCC)c(O)c2)cc1. The molecule has 0 heterocycles. The molecule has 0 aliphatic carbocycles. The highest BCUT2D eigenvalue weighted by molar-refractivity contribution is 5.86. The monoisotopic (exact) mass is 371 g/mol. The van der Waals surface area contributed by atoms with Crippen molar-refractivity contribution >= 4 is 17.8 Å². The number of hydrogen-bond acceptors (Lipinski definition) is 6. The Labute approximate surface area is 159 Å². The molecular weight excluding hydrogens is 346 g/mol. The van der Waals surface area contributed by atoms with Crippen molar-refractivity contribution in [1.29, 1.82) is 0 Å². The van der Waals surface area contributed by atoms with E-state index in [1.807, 2.05) is 38.1 Å². The van der Waals surface area contributed by atoms with E-state index in [-0.39, 0.29) is 11.7 Å². The van der Waals surface area contributed by atoms with Gasteiger partial charge in [0.15, 0.2) is 11.5 Å². The van der Waals surface area contributed by atoms with Crippen molar-refractivity contribution in [2.75, 3.05) is 18.5 Å². The quantitative estimate of drug-likeness (QED) is 0.465. The molecule has 0 aliphatic heterocycles. The molecule has 0 aliphatic rings. The van der Waals surface area contributed by atoms with E-state index in [0.29, 0.717) is 24.5 Å². The van der Waals surface area contributed by atoms with Gasteiger partial charge in [0.2, 0.25) is 0 Å². The van der Waals surface area contributed by atoms with Gasteiger partial charge in [0.1, 0.15) is 11.8 Å². The maximum Gasteiger partial charge on any atom is 0.262 e. The van der Waals surface area contributed by atoms with Gasteiger partial charge >= 0.3 is 0 Å². The van der Waals surface area contributed by atoms with E-state index in [1.165, 1.54) is 12.3 Å². The molecule has 1 unspecified atom stereocenters. The molecule has 0 radical (unpaired) electrons. The summed E-state index contributed by atoms with van der Waals surface area (Å²) in [4.78, 5) is 12.1. The predicted octanol–water partition coefficient (Wildman–Crippen LogP) is 3.14. The summed E-state index contributed by atoms with van der Waals surface area (Å²) in [6.45, 7) is 6.58. The van der Waals surface area contributed by atoms with Crippen LogP contribution in [0.1, 0.15) is 26.3 Å². The first kappa shape index (κ1) is 20.1. The molecule has 7 nitrogen and oxygen atoms in total. The van der Waals surface area contributed by atoms with E-state index in [1.54, 1.807) is 19.1 Å². The van der Waals surface area contributed by atoms with Crippen molar-refractivity contribution in [1.82, 2.24) is 5.43 Å². The molecule has 27 heavy (non-hydrogen) atoms. The van der Waals surface area contributed by atoms with Crippen molar-refractivity contribution < 1.29 is 19.4 Å². The molecule has 0 fully saturated rings. The van der Waals surface area contributed by atoms with Crippen molar-refractivity contribution in [3.63, 3.8) is 0 Å². The molecule has 1 atom stereocenters. The molecular formula is C20H25N3O4. The number of benzene rings is 2. The minimum absolute atomic E-state index is 0.0256. The van der Waals surface area contributed by atoms with Crippen molar-refractivity contribution in [3.8, 4) is 17.2 Å². The molecule has 0 saturated carbocycles. The van der Waals surface area contributed by atoms with Crippen LogP contribution in [0.25, 0.3) is 0 Å². The third-order valence-corrected chi connectivity index (χ3v) is 3.61. The minimum Gasteiger partial charge on any atom is -0.504 e. The van der Waals surface area contributed by atoms with Gasteiger partial charge in [0, 0.05) is 5.69 Å². The van der Waals surface area contributed by atoms with Crippen LogP contribution in [0.3, 0.4) is 0 Å². The average Bonchev–Trinajstić information content (AvgIpc) is 2.65. The van der Waals surface area contributed by atoms with Crippen LogP contribution in [0.15, 0.2) is 47.6 Å². The fourth-order valence-corrected chi connectivity index (χ4v) is 2.29. The Morgan fingerprint density at radius 1 is 1.15 bits per heavy atom. The lowest BCUT2D eigenvalue weighted by atomic mass is 10.2. The van der Waals surface area contributed by atoms with Crippen LogP contribution >= 0.6 is 0 Å². The largest absolute Gasteiger partial charge is 0.504 e. The first-order valence-corrected chi connectivity index (χ1v) is 8.81. The number of amides is 1. The second kappa shape index (κ2) is 10.1. The van der Waals surface area contributed by atoms with Crippen LogP contribution in [0, 0.1) is 0 Å². The summed E-state index contributed by atoms with van der Waals surface area (Å²) in [5.41, 5.74) is 3.92. The first-order chi connectivity index (χ1) is 13.0. The van der Waals surface area contributed by atoms with E-state index in [4.69, 9.17) is 9.47 Å². The molecule has 3 N–H and O–H groups in total. The van der Waals surface area contributed by atoms with Gasteiger partial charge in [-0.25, -0.2) is 5.43 Å². The maximum absolute atomic E-state index is 12.1. The molecule has 2 rings (SSSR count). The summed E-state index contributed by atoms with van der Waals surface area (Å²) in [5, 5.41) is 16.9. The Morgan fingerprint density at radius 2 is 1.85 bits per heavy atom. The molecule has 0 bridgehead atoms. The Morgan fingerprint density at radius 3 is 2.48 bits per heavy atom. The number of ether oxygens (including phenoxy) is 2. The highest BCUT2D eigenvalue weighted by atomic mass is 16.5. The minimum atomic E-state index is -0.478. The van der Waals surface area contributed by atoms with Crippen LogP contribution < -0.4 is 20.2 Å². The number of anilines is 1. The highest BCUT2D eigenvalue weighted by Crippen LogP contribution is 2.26. The number of hydrogen-bond donors (Lipinski definition) is 3. The second-order valence-electron chi connectivity index (χ2n) is 5.72. The van der Waals surface area contributed by atoms with Crippen molar-refractivity contribution in [2.45, 2.75) is 26.8 Å². The van der Waals surface area contributed by atoms with Crippen molar-refractivity contribution in [3.05, 3.63) is 48.0 Å². The maximum atomic E-state index is 12.1. The van der Waals surface area contributed by atoms with E-state index in [9.17, 15) is 9.90 Å². The fraction of sp³-hybridized carbons (Fsp3) is 0.300. The van der Waals surface area contributed by atoms with Gasteiger partial charge in [0.05, 0.1) is 19.4 Å². The molecule has 2 aromatic carbocycles. The number of hydrazone groups is 1. The number of carbonyl (C=O) groups is 1. The van der Waals surface area contributed by atoms with Crippen LogP contribution in [0.2, 0.25) is 0 Å². The Hall–Kier alpha value is -3.22. The lowest BCUT2D eigenvalue weighted by molar-refractivity contribution is -0.121. The van der Waals surface area contributed by atoms with Gasteiger partial charge in [-0.05, 0) is 68.8 Å². The van der Waals surface area contributed by atoms with Gasteiger partial charge in [-0.15, -0.1) is 0 Å². The van der Waals surface area contributed by atoms with E-state index >= 15 is 0 Å². The summed E-state index contributed by atoms with van der Waals surface area (Å²) in [5.74, 6) is 0.933. The number of phenols is 1. The molecule has 0 aromatic heterocycles. The van der Waals surface area contributed by atoms with E-state index in [2.05, 4.69) is 15.8 Å². The molecule has 2 aromatic rings. The fourth-order valence-electron chi connectivity index (χ4n) is 2.29. The summed E-state index contributed by atoms with van der Waals surface area (Å²) in [6, 6.07) is 11.8. The first-order valence-electron chi connectivity index (χ1n) is 8.81. The molecule has 144 valence electrons. The van der Waals surface area contributed by atoms with Gasteiger partial charge in [-0.3, -0.25) is 4.79 Å². The van der Waals surface area contributed by atoms with Crippen LogP contribution in [0.5, 0.6) is 17.2 Å². The van der Waals surface area contributed by atoms with Gasteiger partial charge in [-0.2, -0.15) is 5.10 Å². The zero-order valence-electron chi connectivity index (χ0n) is 15.7. The lowest BCUT2D eigenvalue weighted by Crippen LogP contribution is -2.34. The number of rotatable bonds is 9. The van der Waals surface area contributed by atoms with Crippen LogP contribution in [0.4, 0.5) is 5.69 Å². The Balaban J connectivity index is 1.86. The Kier molecular flexibility index (Phi) is 7.49. The van der Waals surface area contributed by atoms with Gasteiger partial charge < -0.3 is 19.9 Å². The summed E-state index contributed by atoms with van der Waals surface area (Å²) < 4.78 is 10.6. The zero-order chi connectivity index (χ0) is 19.6. The van der Waals surface area contributed by atoms with E-state index < -0.39 is 6.04 Å². The number of nitrogens with zero attached hydrogens (tertiary/aromatic N) is 1. The predicted molar refractivity (Wildman–Crippen MR) is 106 cm³/mol. The number of carbonyl (C=O) groups excluding carboxylic acids is 1. The zero-order valence-corrected chi connectivity index (χ0v) is 15.7. The third kappa shape index (κ3) is 6.22. The highest BCUT2D eigenvalue weighted by Gasteiger charge is 2.11. The van der Waals surface area contributed by atoms with Crippen LogP contribution in [-0.2, 0) is 4.79 Å². The second-order valence-corrected chi connectivity index (χ2v) is 5.72.